The standard InChI is InChI=1S/C19H19ClF2N2O2S/c20-14-6-4-13(5-7-14)19(8-10-26-11-9-19)24-18(25)23-15-2-1-3-16(12-15)27-17(21)22/h1-7,12,17H,8-11H2,(H2,23,24,25). The summed E-state index contributed by atoms with van der Waals surface area (Å²) in [6.07, 6.45) is 1.26. The molecule has 1 aliphatic rings. The fourth-order valence-corrected chi connectivity index (χ4v) is 3.79. The second-order valence-corrected chi connectivity index (χ2v) is 7.69. The summed E-state index contributed by atoms with van der Waals surface area (Å²) in [4.78, 5) is 13.0. The third kappa shape index (κ3) is 5.34. The van der Waals surface area contributed by atoms with E-state index in [0.717, 1.165) is 5.56 Å². The molecule has 0 radical (unpaired) electrons. The molecule has 1 aliphatic heterocycles. The zero-order chi connectivity index (χ0) is 19.3. The Morgan fingerprint density at radius 3 is 2.52 bits per heavy atom. The second kappa shape index (κ2) is 8.91. The average molecular weight is 413 g/mol. The third-order valence-corrected chi connectivity index (χ3v) is 5.37. The molecule has 2 amide bonds. The molecular formula is C19H19ClF2N2O2S. The number of hydrogen-bond acceptors (Lipinski definition) is 3. The van der Waals surface area contributed by atoms with E-state index in [9.17, 15) is 13.6 Å². The minimum Gasteiger partial charge on any atom is -0.381 e. The van der Waals surface area contributed by atoms with Gasteiger partial charge in [-0.2, -0.15) is 8.78 Å². The number of ether oxygens (including phenoxy) is 1. The summed E-state index contributed by atoms with van der Waals surface area (Å²) in [7, 11) is 0. The van der Waals surface area contributed by atoms with Crippen LogP contribution in [0.15, 0.2) is 53.4 Å². The van der Waals surface area contributed by atoms with Gasteiger partial charge in [0.15, 0.2) is 0 Å². The lowest BCUT2D eigenvalue weighted by Crippen LogP contribution is -2.50. The van der Waals surface area contributed by atoms with Crippen molar-refractivity contribution in [1.82, 2.24) is 5.32 Å². The Labute approximate surface area is 165 Å². The number of amides is 2. The summed E-state index contributed by atoms with van der Waals surface area (Å²) >= 11 is 6.42. The van der Waals surface area contributed by atoms with Gasteiger partial charge in [0.25, 0.3) is 5.76 Å². The highest BCUT2D eigenvalue weighted by Crippen LogP contribution is 2.33. The number of thioether (sulfide) groups is 1. The van der Waals surface area contributed by atoms with Crippen molar-refractivity contribution in [1.29, 1.82) is 0 Å². The molecule has 0 aromatic heterocycles. The molecule has 144 valence electrons. The van der Waals surface area contributed by atoms with E-state index in [1.807, 2.05) is 12.1 Å². The molecule has 2 N–H and O–H groups in total. The number of rotatable bonds is 5. The van der Waals surface area contributed by atoms with Crippen LogP contribution in [-0.4, -0.2) is 25.0 Å². The molecular weight excluding hydrogens is 394 g/mol. The quantitative estimate of drug-likeness (QED) is 0.639. The van der Waals surface area contributed by atoms with E-state index >= 15 is 0 Å². The van der Waals surface area contributed by atoms with Crippen LogP contribution in [0.4, 0.5) is 19.3 Å². The van der Waals surface area contributed by atoms with Crippen LogP contribution in [0.25, 0.3) is 0 Å². The molecule has 8 heteroatoms. The van der Waals surface area contributed by atoms with Gasteiger partial charge in [-0.1, -0.05) is 41.6 Å². The van der Waals surface area contributed by atoms with Crippen LogP contribution in [0.5, 0.6) is 0 Å². The van der Waals surface area contributed by atoms with E-state index in [1.54, 1.807) is 30.3 Å². The Morgan fingerprint density at radius 2 is 1.85 bits per heavy atom. The third-order valence-electron chi connectivity index (χ3n) is 4.41. The van der Waals surface area contributed by atoms with Gasteiger partial charge in [-0.05, 0) is 48.7 Å². The van der Waals surface area contributed by atoms with Crippen molar-refractivity contribution in [3.8, 4) is 0 Å². The lowest BCUT2D eigenvalue weighted by atomic mass is 9.83. The molecule has 27 heavy (non-hydrogen) atoms. The summed E-state index contributed by atoms with van der Waals surface area (Å²) in [5, 5.41) is 6.41. The molecule has 2 aromatic rings. The number of alkyl halides is 2. The van der Waals surface area contributed by atoms with Gasteiger partial charge in [0.2, 0.25) is 0 Å². The van der Waals surface area contributed by atoms with Crippen LogP contribution in [0.2, 0.25) is 5.02 Å². The number of urea groups is 1. The molecule has 2 aromatic carbocycles. The van der Waals surface area contributed by atoms with E-state index in [0.29, 0.717) is 53.4 Å². The normalized spacial score (nSPS) is 16.1. The van der Waals surface area contributed by atoms with Gasteiger partial charge in [0.05, 0.1) is 5.54 Å². The molecule has 0 spiro atoms. The van der Waals surface area contributed by atoms with Crippen molar-refractivity contribution in [2.24, 2.45) is 0 Å². The molecule has 0 saturated carbocycles. The average Bonchev–Trinajstić information content (AvgIpc) is 2.62. The highest BCUT2D eigenvalue weighted by molar-refractivity contribution is 7.99. The largest absolute Gasteiger partial charge is 0.381 e. The topological polar surface area (TPSA) is 50.4 Å². The van der Waals surface area contributed by atoms with Crippen molar-refractivity contribution >= 4 is 35.1 Å². The van der Waals surface area contributed by atoms with Crippen LogP contribution < -0.4 is 10.6 Å². The van der Waals surface area contributed by atoms with Gasteiger partial charge >= 0.3 is 6.03 Å². The molecule has 0 aliphatic carbocycles. The predicted molar refractivity (Wildman–Crippen MR) is 104 cm³/mol. The number of carbonyl (C=O) groups is 1. The van der Waals surface area contributed by atoms with Crippen molar-refractivity contribution in [2.75, 3.05) is 18.5 Å². The predicted octanol–water partition coefficient (Wildman–Crippen LogP) is 5.48. The molecule has 0 atom stereocenters. The number of anilines is 1. The number of benzene rings is 2. The smallest absolute Gasteiger partial charge is 0.319 e. The van der Waals surface area contributed by atoms with E-state index in [-0.39, 0.29) is 0 Å². The van der Waals surface area contributed by atoms with Crippen molar-refractivity contribution in [2.45, 2.75) is 29.0 Å². The van der Waals surface area contributed by atoms with Gasteiger partial charge in [-0.3, -0.25) is 0 Å². The Bertz CT molecular complexity index is 784. The molecule has 1 fully saturated rings. The van der Waals surface area contributed by atoms with Crippen LogP contribution in [0.1, 0.15) is 18.4 Å². The number of halogens is 3. The first-order valence-corrected chi connectivity index (χ1v) is 9.70. The first kappa shape index (κ1) is 19.9. The first-order chi connectivity index (χ1) is 13.0. The Hall–Kier alpha value is -1.83. The van der Waals surface area contributed by atoms with E-state index < -0.39 is 17.3 Å². The second-order valence-electron chi connectivity index (χ2n) is 6.19. The molecule has 1 heterocycles. The molecule has 1 saturated heterocycles. The summed E-state index contributed by atoms with van der Waals surface area (Å²) < 4.78 is 30.5. The van der Waals surface area contributed by atoms with Crippen LogP contribution in [-0.2, 0) is 10.3 Å². The van der Waals surface area contributed by atoms with E-state index in [4.69, 9.17) is 16.3 Å². The lowest BCUT2D eigenvalue weighted by Gasteiger charge is -2.38. The summed E-state index contributed by atoms with van der Waals surface area (Å²) in [6.45, 7) is 1.06. The Kier molecular flexibility index (Phi) is 6.57. The molecule has 0 unspecified atom stereocenters. The van der Waals surface area contributed by atoms with E-state index in [2.05, 4.69) is 10.6 Å². The van der Waals surface area contributed by atoms with Gasteiger partial charge < -0.3 is 15.4 Å². The number of nitrogens with one attached hydrogen (secondary N) is 2. The molecule has 0 bridgehead atoms. The highest BCUT2D eigenvalue weighted by Gasteiger charge is 2.36. The Balaban J connectivity index is 1.74. The van der Waals surface area contributed by atoms with Gasteiger partial charge in [0.1, 0.15) is 0 Å². The van der Waals surface area contributed by atoms with Crippen molar-refractivity contribution in [3.63, 3.8) is 0 Å². The molecule has 3 rings (SSSR count). The maximum atomic E-state index is 12.6. The monoisotopic (exact) mass is 412 g/mol. The highest BCUT2D eigenvalue weighted by atomic mass is 35.5. The SMILES string of the molecule is O=C(Nc1cccc(SC(F)F)c1)NC1(c2ccc(Cl)cc2)CCOCC1. The van der Waals surface area contributed by atoms with Gasteiger partial charge in [0, 0.05) is 28.8 Å². The van der Waals surface area contributed by atoms with Crippen LogP contribution >= 0.6 is 23.4 Å². The van der Waals surface area contributed by atoms with Gasteiger partial charge in [-0.15, -0.1) is 0 Å². The zero-order valence-electron chi connectivity index (χ0n) is 14.4. The summed E-state index contributed by atoms with van der Waals surface area (Å²) in [5.41, 5.74) is 0.839. The van der Waals surface area contributed by atoms with Crippen molar-refractivity contribution < 1.29 is 18.3 Å². The maximum Gasteiger partial charge on any atom is 0.319 e. The summed E-state index contributed by atoms with van der Waals surface area (Å²) in [5.74, 6) is -2.51. The lowest BCUT2D eigenvalue weighted by molar-refractivity contribution is 0.0418. The van der Waals surface area contributed by atoms with Crippen LogP contribution in [0.3, 0.4) is 0 Å². The minimum atomic E-state index is -2.51. The number of hydrogen-bond donors (Lipinski definition) is 2. The zero-order valence-corrected chi connectivity index (χ0v) is 16.0. The fourth-order valence-electron chi connectivity index (χ4n) is 3.10. The van der Waals surface area contributed by atoms with Crippen LogP contribution in [0, 0.1) is 0 Å². The van der Waals surface area contributed by atoms with Gasteiger partial charge in [-0.25, -0.2) is 4.79 Å². The fraction of sp³-hybridized carbons (Fsp3) is 0.316. The Morgan fingerprint density at radius 1 is 1.15 bits per heavy atom. The first-order valence-electron chi connectivity index (χ1n) is 8.45. The number of carbonyl (C=O) groups excluding carboxylic acids is 1. The maximum absolute atomic E-state index is 12.6. The van der Waals surface area contributed by atoms with E-state index in [1.165, 1.54) is 6.07 Å². The minimum absolute atomic E-state index is 0.390. The molecule has 4 nitrogen and oxygen atoms in total. The van der Waals surface area contributed by atoms with Crippen molar-refractivity contribution in [3.05, 3.63) is 59.1 Å². The summed E-state index contributed by atoms with van der Waals surface area (Å²) in [6, 6.07) is 13.4.